The van der Waals surface area contributed by atoms with Crippen LogP contribution in [0.15, 0.2) is 18.5 Å². The lowest BCUT2D eigenvalue weighted by atomic mass is 10.3. The van der Waals surface area contributed by atoms with E-state index in [-0.39, 0.29) is 0 Å². The van der Waals surface area contributed by atoms with Crippen molar-refractivity contribution in [3.05, 3.63) is 29.8 Å². The molecule has 7 nitrogen and oxygen atoms in total. The Labute approximate surface area is 109 Å². The number of primary amides is 1. The minimum absolute atomic E-state index is 0.359. The Morgan fingerprint density at radius 2 is 2.26 bits per heavy atom. The maximum atomic E-state index is 11.1. The molecule has 0 unspecified atom stereocenters. The molecule has 0 aromatic carbocycles. The fourth-order valence-corrected chi connectivity index (χ4v) is 1.80. The summed E-state index contributed by atoms with van der Waals surface area (Å²) in [5.74, 6) is 2.13. The average molecular weight is 258 g/mol. The van der Waals surface area contributed by atoms with Gasteiger partial charge in [0.25, 0.3) is 5.91 Å². The van der Waals surface area contributed by atoms with Crippen LogP contribution in [0.2, 0.25) is 0 Å². The van der Waals surface area contributed by atoms with E-state index < -0.39 is 5.91 Å². The summed E-state index contributed by atoms with van der Waals surface area (Å²) in [6, 6.07) is 1.78. The van der Waals surface area contributed by atoms with Crippen molar-refractivity contribution in [3.63, 3.8) is 0 Å². The maximum Gasteiger partial charge on any atom is 0.251 e. The zero-order valence-electron chi connectivity index (χ0n) is 10.5. The van der Waals surface area contributed by atoms with E-state index in [0.717, 1.165) is 24.5 Å². The maximum absolute atomic E-state index is 11.1. The first-order valence-electron chi connectivity index (χ1n) is 6.09. The number of nitrogens with one attached hydrogen (secondary N) is 1. The van der Waals surface area contributed by atoms with Gasteiger partial charge < -0.3 is 11.1 Å². The van der Waals surface area contributed by atoms with Crippen LogP contribution in [-0.4, -0.2) is 32.7 Å². The van der Waals surface area contributed by atoms with Crippen LogP contribution < -0.4 is 11.1 Å². The lowest BCUT2D eigenvalue weighted by Crippen LogP contribution is -2.10. The molecule has 0 spiro atoms. The molecule has 0 saturated heterocycles. The van der Waals surface area contributed by atoms with Gasteiger partial charge in [-0.3, -0.25) is 4.79 Å². The van der Waals surface area contributed by atoms with Crippen LogP contribution in [-0.2, 0) is 0 Å². The van der Waals surface area contributed by atoms with Crippen LogP contribution in [0.5, 0.6) is 0 Å². The standard InChI is InChI=1S/C12H14N6O/c1-14-9-4-10(17-12(16-9)7-2-3-7)18-6-8(5-15-18)11(13)19/h4-7H,2-3H2,1H3,(H2,13,19)(H,14,16,17). The number of hydrogen-bond donors (Lipinski definition) is 2. The van der Waals surface area contributed by atoms with Gasteiger partial charge in [0.2, 0.25) is 0 Å². The van der Waals surface area contributed by atoms with Gasteiger partial charge >= 0.3 is 0 Å². The molecule has 1 amide bonds. The number of anilines is 1. The molecule has 0 radical (unpaired) electrons. The number of hydrogen-bond acceptors (Lipinski definition) is 5. The lowest BCUT2D eigenvalue weighted by molar-refractivity contribution is 0.100. The van der Waals surface area contributed by atoms with Crippen LogP contribution in [0.4, 0.5) is 5.82 Å². The number of carbonyl (C=O) groups is 1. The molecule has 3 rings (SSSR count). The molecular formula is C12H14N6O. The summed E-state index contributed by atoms with van der Waals surface area (Å²) in [6.07, 6.45) is 5.25. The van der Waals surface area contributed by atoms with Crippen LogP contribution in [0.25, 0.3) is 5.82 Å². The summed E-state index contributed by atoms with van der Waals surface area (Å²) >= 11 is 0. The number of nitrogens with two attached hydrogens (primary N) is 1. The lowest BCUT2D eigenvalue weighted by Gasteiger charge is -2.06. The van der Waals surface area contributed by atoms with Crippen LogP contribution >= 0.6 is 0 Å². The molecule has 98 valence electrons. The van der Waals surface area contributed by atoms with Gasteiger partial charge in [-0.25, -0.2) is 14.6 Å². The molecule has 2 heterocycles. The molecule has 0 aliphatic heterocycles. The van der Waals surface area contributed by atoms with Crippen LogP contribution in [0.1, 0.15) is 34.9 Å². The minimum atomic E-state index is -0.503. The van der Waals surface area contributed by atoms with Crippen LogP contribution in [0, 0.1) is 0 Å². The van der Waals surface area contributed by atoms with E-state index in [2.05, 4.69) is 20.4 Å². The second kappa shape index (κ2) is 4.34. The van der Waals surface area contributed by atoms with Crippen molar-refractivity contribution < 1.29 is 4.79 Å². The van der Waals surface area contributed by atoms with Crippen molar-refractivity contribution in [2.45, 2.75) is 18.8 Å². The van der Waals surface area contributed by atoms with Gasteiger partial charge in [-0.2, -0.15) is 5.10 Å². The van der Waals surface area contributed by atoms with E-state index in [1.165, 1.54) is 10.9 Å². The second-order valence-corrected chi connectivity index (χ2v) is 4.53. The Hall–Kier alpha value is -2.44. The summed E-state index contributed by atoms with van der Waals surface area (Å²) < 4.78 is 1.54. The topological polar surface area (TPSA) is 98.7 Å². The summed E-state index contributed by atoms with van der Waals surface area (Å²) in [5.41, 5.74) is 5.57. The Balaban J connectivity index is 2.02. The summed E-state index contributed by atoms with van der Waals surface area (Å²) in [6.45, 7) is 0. The van der Waals surface area contributed by atoms with Gasteiger partial charge in [0.15, 0.2) is 5.82 Å². The number of carbonyl (C=O) groups excluding carboxylic acids is 1. The Bertz CT molecular complexity index is 631. The summed E-state index contributed by atoms with van der Waals surface area (Å²) in [4.78, 5) is 20.0. The van der Waals surface area contributed by atoms with Crippen molar-refractivity contribution >= 4 is 11.7 Å². The molecule has 0 atom stereocenters. The fraction of sp³-hybridized carbons (Fsp3) is 0.333. The largest absolute Gasteiger partial charge is 0.373 e. The van der Waals surface area contributed by atoms with Gasteiger partial charge in [0.05, 0.1) is 11.8 Å². The first kappa shape index (κ1) is 11.6. The van der Waals surface area contributed by atoms with E-state index in [9.17, 15) is 4.79 Å². The summed E-state index contributed by atoms with van der Waals surface area (Å²) in [7, 11) is 1.81. The number of amides is 1. The third kappa shape index (κ3) is 2.26. The Kier molecular flexibility index (Phi) is 2.66. The Morgan fingerprint density at radius 1 is 1.47 bits per heavy atom. The van der Waals surface area contributed by atoms with Crippen molar-refractivity contribution in [2.75, 3.05) is 12.4 Å². The van der Waals surface area contributed by atoms with Gasteiger partial charge in [-0.05, 0) is 12.8 Å². The monoisotopic (exact) mass is 258 g/mol. The fourth-order valence-electron chi connectivity index (χ4n) is 1.80. The van der Waals surface area contributed by atoms with E-state index in [0.29, 0.717) is 17.3 Å². The van der Waals surface area contributed by atoms with Crippen molar-refractivity contribution in [2.24, 2.45) is 5.73 Å². The summed E-state index contributed by atoms with van der Waals surface area (Å²) in [5, 5.41) is 7.11. The zero-order valence-corrected chi connectivity index (χ0v) is 10.5. The van der Waals surface area contributed by atoms with Gasteiger partial charge in [-0.15, -0.1) is 0 Å². The smallest absolute Gasteiger partial charge is 0.251 e. The van der Waals surface area contributed by atoms with Crippen molar-refractivity contribution in [1.82, 2.24) is 19.7 Å². The Morgan fingerprint density at radius 3 is 2.84 bits per heavy atom. The zero-order chi connectivity index (χ0) is 13.4. The quantitative estimate of drug-likeness (QED) is 0.840. The molecule has 7 heteroatoms. The molecule has 19 heavy (non-hydrogen) atoms. The molecule has 2 aromatic rings. The van der Waals surface area contributed by atoms with Gasteiger partial charge in [0.1, 0.15) is 11.6 Å². The predicted molar refractivity (Wildman–Crippen MR) is 69.2 cm³/mol. The highest BCUT2D eigenvalue weighted by atomic mass is 16.1. The minimum Gasteiger partial charge on any atom is -0.373 e. The highest BCUT2D eigenvalue weighted by Crippen LogP contribution is 2.38. The van der Waals surface area contributed by atoms with Crippen LogP contribution in [0.3, 0.4) is 0 Å². The third-order valence-electron chi connectivity index (χ3n) is 3.03. The van der Waals surface area contributed by atoms with Crippen molar-refractivity contribution in [1.29, 1.82) is 0 Å². The predicted octanol–water partition coefficient (Wildman–Crippen LogP) is 0.680. The molecule has 3 N–H and O–H groups in total. The van der Waals surface area contributed by atoms with Gasteiger partial charge in [0, 0.05) is 25.2 Å². The third-order valence-corrected chi connectivity index (χ3v) is 3.03. The molecule has 1 fully saturated rings. The molecule has 1 aliphatic carbocycles. The molecule has 0 bridgehead atoms. The average Bonchev–Trinajstić information content (AvgIpc) is 3.14. The van der Waals surface area contributed by atoms with E-state index in [4.69, 9.17) is 5.73 Å². The van der Waals surface area contributed by atoms with Gasteiger partial charge in [-0.1, -0.05) is 0 Å². The highest BCUT2D eigenvalue weighted by Gasteiger charge is 2.27. The number of aromatic nitrogens is 4. The first-order chi connectivity index (χ1) is 9.17. The van der Waals surface area contributed by atoms with Crippen molar-refractivity contribution in [3.8, 4) is 5.82 Å². The molecular weight excluding hydrogens is 244 g/mol. The number of nitrogens with zero attached hydrogens (tertiary/aromatic N) is 4. The highest BCUT2D eigenvalue weighted by molar-refractivity contribution is 5.92. The normalized spacial score (nSPS) is 14.4. The SMILES string of the molecule is CNc1cc(-n2cc(C(N)=O)cn2)nc(C2CC2)n1. The molecule has 1 aliphatic rings. The molecule has 2 aromatic heterocycles. The van der Waals surface area contributed by atoms with E-state index >= 15 is 0 Å². The number of rotatable bonds is 4. The molecule has 1 saturated carbocycles. The van der Waals surface area contributed by atoms with E-state index in [1.807, 2.05) is 0 Å². The first-order valence-corrected chi connectivity index (χ1v) is 6.09. The second-order valence-electron chi connectivity index (χ2n) is 4.53. The van der Waals surface area contributed by atoms with E-state index in [1.54, 1.807) is 19.3 Å².